The minimum absolute atomic E-state index is 0.342. The van der Waals surface area contributed by atoms with Crippen molar-refractivity contribution in [3.8, 4) is 0 Å². The van der Waals surface area contributed by atoms with Crippen LogP contribution < -0.4 is 0 Å². The van der Waals surface area contributed by atoms with Crippen molar-refractivity contribution in [3.05, 3.63) is 12.2 Å². The first-order chi connectivity index (χ1) is 11.5. The Hall–Kier alpha value is -1.32. The highest BCUT2D eigenvalue weighted by Crippen LogP contribution is 2.55. The molecule has 0 fully saturated rings. The Kier molecular flexibility index (Phi) is 8.51. The van der Waals surface area contributed by atoms with Crippen LogP contribution in [-0.2, 0) is 9.59 Å². The monoisotopic (exact) mass is 338 g/mol. The van der Waals surface area contributed by atoms with E-state index in [1.54, 1.807) is 0 Å². The number of hydrogen-bond donors (Lipinski definition) is 2. The molecule has 0 aromatic rings. The van der Waals surface area contributed by atoms with Crippen molar-refractivity contribution in [3.63, 3.8) is 0 Å². The average molecular weight is 338 g/mol. The smallest absolute Gasteiger partial charge is 0.311 e. The normalized spacial score (nSPS) is 26.4. The van der Waals surface area contributed by atoms with E-state index in [-0.39, 0.29) is 0 Å². The third kappa shape index (κ3) is 4.40. The van der Waals surface area contributed by atoms with E-state index in [1.165, 1.54) is 0 Å². The third-order valence-electron chi connectivity index (χ3n) is 5.75. The number of hydrogen-bond acceptors (Lipinski definition) is 2. The number of carbonyl (C=O) groups is 2. The Morgan fingerprint density at radius 2 is 1.12 bits per heavy atom. The van der Waals surface area contributed by atoms with E-state index in [1.807, 2.05) is 12.2 Å². The Labute approximate surface area is 146 Å². The van der Waals surface area contributed by atoms with Crippen molar-refractivity contribution < 1.29 is 19.8 Å². The molecule has 0 saturated carbocycles. The standard InChI is InChI=1S/C20H34O4/c1-3-5-7-9-13-19(17(21)22)15-11-12-16-20(19,18(23)24)14-10-8-6-4-2/h11-12H,3-10,13-16H2,1-2H3,(H,21,22)(H,23,24). The van der Waals surface area contributed by atoms with Gasteiger partial charge in [0.25, 0.3) is 0 Å². The zero-order valence-electron chi connectivity index (χ0n) is 15.4. The SMILES string of the molecule is CCCCCCC1(C(=O)O)CC=CCC1(CCCCCC)C(=O)O. The van der Waals surface area contributed by atoms with E-state index >= 15 is 0 Å². The molecule has 4 heteroatoms. The predicted octanol–water partition coefficient (Wildman–Crippen LogP) is 5.42. The summed E-state index contributed by atoms with van der Waals surface area (Å²) in [6.45, 7) is 4.23. The Balaban J connectivity index is 3.05. The lowest BCUT2D eigenvalue weighted by atomic mass is 9.54. The van der Waals surface area contributed by atoms with Gasteiger partial charge < -0.3 is 10.2 Å². The summed E-state index contributed by atoms with van der Waals surface area (Å²) in [4.78, 5) is 24.5. The van der Waals surface area contributed by atoms with E-state index < -0.39 is 22.8 Å². The lowest BCUT2D eigenvalue weighted by Gasteiger charge is -2.47. The fourth-order valence-electron chi connectivity index (χ4n) is 4.15. The highest BCUT2D eigenvalue weighted by atomic mass is 16.4. The summed E-state index contributed by atoms with van der Waals surface area (Å²) in [6.07, 6.45) is 13.2. The molecule has 4 nitrogen and oxygen atoms in total. The van der Waals surface area contributed by atoms with Crippen LogP contribution in [0, 0.1) is 10.8 Å². The van der Waals surface area contributed by atoms with Crippen LogP contribution in [0.4, 0.5) is 0 Å². The van der Waals surface area contributed by atoms with Crippen molar-refractivity contribution in [2.75, 3.05) is 0 Å². The Morgan fingerprint density at radius 1 is 0.750 bits per heavy atom. The van der Waals surface area contributed by atoms with Crippen LogP contribution >= 0.6 is 0 Å². The molecule has 2 unspecified atom stereocenters. The summed E-state index contributed by atoms with van der Waals surface area (Å²) in [6, 6.07) is 0. The second-order valence-electron chi connectivity index (χ2n) is 7.28. The van der Waals surface area contributed by atoms with Crippen LogP contribution in [0.25, 0.3) is 0 Å². The molecule has 0 radical (unpaired) electrons. The van der Waals surface area contributed by atoms with E-state index in [2.05, 4.69) is 13.8 Å². The summed E-state index contributed by atoms with van der Waals surface area (Å²) >= 11 is 0. The van der Waals surface area contributed by atoms with Gasteiger partial charge in [-0.25, -0.2) is 0 Å². The van der Waals surface area contributed by atoms with Crippen LogP contribution in [0.5, 0.6) is 0 Å². The van der Waals surface area contributed by atoms with Gasteiger partial charge in [-0.2, -0.15) is 0 Å². The van der Waals surface area contributed by atoms with Crippen LogP contribution in [0.15, 0.2) is 12.2 Å². The fraction of sp³-hybridized carbons (Fsp3) is 0.800. The van der Waals surface area contributed by atoms with Gasteiger partial charge in [0, 0.05) is 0 Å². The molecule has 2 atom stereocenters. The van der Waals surface area contributed by atoms with E-state index in [4.69, 9.17) is 0 Å². The molecule has 0 spiro atoms. The first-order valence-electron chi connectivity index (χ1n) is 9.58. The molecule has 0 aromatic carbocycles. The zero-order chi connectivity index (χ0) is 18.1. The summed E-state index contributed by atoms with van der Waals surface area (Å²) in [7, 11) is 0. The van der Waals surface area contributed by atoms with Crippen molar-refractivity contribution in [1.29, 1.82) is 0 Å². The number of aliphatic carboxylic acids is 2. The molecule has 1 aliphatic rings. The first kappa shape index (κ1) is 20.7. The summed E-state index contributed by atoms with van der Waals surface area (Å²) < 4.78 is 0. The van der Waals surface area contributed by atoms with Gasteiger partial charge in [0.1, 0.15) is 0 Å². The van der Waals surface area contributed by atoms with Crippen molar-refractivity contribution in [1.82, 2.24) is 0 Å². The topological polar surface area (TPSA) is 74.6 Å². The van der Waals surface area contributed by atoms with Gasteiger partial charge in [0.15, 0.2) is 0 Å². The van der Waals surface area contributed by atoms with Crippen molar-refractivity contribution >= 4 is 11.9 Å². The summed E-state index contributed by atoms with van der Waals surface area (Å²) in [5.41, 5.74) is -2.32. The molecule has 1 aliphatic carbocycles. The maximum Gasteiger partial charge on any atom is 0.311 e. The molecular formula is C20H34O4. The molecular weight excluding hydrogens is 304 g/mol. The fourth-order valence-corrected chi connectivity index (χ4v) is 4.15. The van der Waals surface area contributed by atoms with Crippen LogP contribution in [0.1, 0.15) is 90.9 Å². The van der Waals surface area contributed by atoms with Crippen LogP contribution in [0.3, 0.4) is 0 Å². The second kappa shape index (κ2) is 9.85. The predicted molar refractivity (Wildman–Crippen MR) is 96.0 cm³/mol. The molecule has 0 saturated heterocycles. The summed E-state index contributed by atoms with van der Waals surface area (Å²) in [5, 5.41) is 20.1. The zero-order valence-corrected chi connectivity index (χ0v) is 15.4. The largest absolute Gasteiger partial charge is 0.481 e. The van der Waals surface area contributed by atoms with Gasteiger partial charge in [-0.15, -0.1) is 0 Å². The minimum atomic E-state index is -1.16. The van der Waals surface area contributed by atoms with E-state index in [0.29, 0.717) is 25.7 Å². The Morgan fingerprint density at radius 3 is 1.42 bits per heavy atom. The minimum Gasteiger partial charge on any atom is -0.481 e. The third-order valence-corrected chi connectivity index (χ3v) is 5.75. The number of allylic oxidation sites excluding steroid dienone is 2. The summed E-state index contributed by atoms with van der Waals surface area (Å²) in [5.74, 6) is -1.86. The van der Waals surface area contributed by atoms with Crippen LogP contribution in [-0.4, -0.2) is 22.2 Å². The molecule has 0 aromatic heterocycles. The van der Waals surface area contributed by atoms with E-state index in [0.717, 1.165) is 51.4 Å². The molecule has 138 valence electrons. The first-order valence-corrected chi connectivity index (χ1v) is 9.58. The van der Waals surface area contributed by atoms with Gasteiger partial charge in [0.2, 0.25) is 0 Å². The van der Waals surface area contributed by atoms with Gasteiger partial charge in [-0.3, -0.25) is 9.59 Å². The van der Waals surface area contributed by atoms with Crippen molar-refractivity contribution in [2.45, 2.75) is 90.9 Å². The molecule has 24 heavy (non-hydrogen) atoms. The lowest BCUT2D eigenvalue weighted by Crippen LogP contribution is -2.53. The van der Waals surface area contributed by atoms with Gasteiger partial charge in [-0.1, -0.05) is 77.4 Å². The number of carboxylic acid groups (broad SMARTS) is 2. The van der Waals surface area contributed by atoms with Crippen molar-refractivity contribution in [2.24, 2.45) is 10.8 Å². The molecule has 0 aliphatic heterocycles. The molecule has 0 heterocycles. The van der Waals surface area contributed by atoms with Gasteiger partial charge >= 0.3 is 11.9 Å². The lowest BCUT2D eigenvalue weighted by molar-refractivity contribution is -0.177. The molecule has 1 rings (SSSR count). The quantitative estimate of drug-likeness (QED) is 0.368. The molecule has 0 amide bonds. The number of carboxylic acids is 2. The van der Waals surface area contributed by atoms with Crippen LogP contribution in [0.2, 0.25) is 0 Å². The Bertz CT molecular complexity index is 403. The van der Waals surface area contributed by atoms with Gasteiger partial charge in [-0.05, 0) is 25.7 Å². The second-order valence-corrected chi connectivity index (χ2v) is 7.28. The maximum atomic E-state index is 12.3. The molecule has 2 N–H and O–H groups in total. The number of unbranched alkanes of at least 4 members (excludes halogenated alkanes) is 6. The average Bonchev–Trinajstić information content (AvgIpc) is 2.56. The van der Waals surface area contributed by atoms with E-state index in [9.17, 15) is 19.8 Å². The highest BCUT2D eigenvalue weighted by Gasteiger charge is 2.60. The molecule has 0 bridgehead atoms. The highest BCUT2D eigenvalue weighted by molar-refractivity contribution is 5.87. The number of rotatable bonds is 12. The van der Waals surface area contributed by atoms with Gasteiger partial charge in [0.05, 0.1) is 10.8 Å². The maximum absolute atomic E-state index is 12.3.